The van der Waals surface area contributed by atoms with Crippen LogP contribution in [0, 0.1) is 23.7 Å². The molecule has 0 aliphatic heterocycles. The summed E-state index contributed by atoms with van der Waals surface area (Å²) >= 11 is 0. The average molecular weight is 194 g/mol. The Balaban J connectivity index is 2.60. The van der Waals surface area contributed by atoms with Gasteiger partial charge in [-0.3, -0.25) is 0 Å². The maximum absolute atomic E-state index is 2.51. The summed E-state index contributed by atoms with van der Waals surface area (Å²) in [5.74, 6) is 3.52. The number of rotatable bonds is 4. The van der Waals surface area contributed by atoms with Gasteiger partial charge in [0.05, 0.1) is 0 Å². The fourth-order valence-corrected chi connectivity index (χ4v) is 2.60. The van der Waals surface area contributed by atoms with E-state index >= 15 is 0 Å². The minimum absolute atomic E-state index is 0.751. The summed E-state index contributed by atoms with van der Waals surface area (Å²) in [5.41, 5.74) is 1.73. The van der Waals surface area contributed by atoms with Crippen LogP contribution in [0.15, 0.2) is 11.6 Å². The highest BCUT2D eigenvalue weighted by Crippen LogP contribution is 2.46. The molecule has 0 heteroatoms. The van der Waals surface area contributed by atoms with Crippen molar-refractivity contribution in [3.05, 3.63) is 11.6 Å². The molecule has 0 aromatic carbocycles. The minimum atomic E-state index is 0.751. The van der Waals surface area contributed by atoms with Gasteiger partial charge in [0.25, 0.3) is 0 Å². The van der Waals surface area contributed by atoms with E-state index in [9.17, 15) is 0 Å². The normalized spacial score (nSPS) is 33.3. The Morgan fingerprint density at radius 3 is 2.36 bits per heavy atom. The van der Waals surface area contributed by atoms with Crippen molar-refractivity contribution in [1.29, 1.82) is 0 Å². The average Bonchev–Trinajstić information content (AvgIpc) is 2.16. The van der Waals surface area contributed by atoms with Crippen molar-refractivity contribution >= 4 is 0 Å². The predicted octanol–water partition coefficient (Wildman–Crippen LogP) is 4.66. The van der Waals surface area contributed by atoms with Crippen molar-refractivity contribution in [1.82, 2.24) is 0 Å². The molecule has 0 amide bonds. The summed E-state index contributed by atoms with van der Waals surface area (Å²) in [4.78, 5) is 0. The quantitative estimate of drug-likeness (QED) is 0.571. The molecule has 1 aliphatic carbocycles. The highest BCUT2D eigenvalue weighted by Gasteiger charge is 2.36. The maximum atomic E-state index is 2.51. The summed E-state index contributed by atoms with van der Waals surface area (Å²) < 4.78 is 0. The second kappa shape index (κ2) is 5.00. The molecular formula is C14H26. The van der Waals surface area contributed by atoms with Crippen LogP contribution in [0.2, 0.25) is 0 Å². The molecule has 0 heterocycles. The first-order valence-corrected chi connectivity index (χ1v) is 6.27. The Labute approximate surface area is 89.8 Å². The molecule has 3 unspecified atom stereocenters. The highest BCUT2D eigenvalue weighted by atomic mass is 14.4. The largest absolute Gasteiger partial charge is 0.0848 e. The molecular weight excluding hydrogens is 168 g/mol. The Morgan fingerprint density at radius 1 is 1.36 bits per heavy atom. The van der Waals surface area contributed by atoms with Crippen LogP contribution < -0.4 is 0 Å². The summed E-state index contributed by atoms with van der Waals surface area (Å²) in [7, 11) is 0. The van der Waals surface area contributed by atoms with Gasteiger partial charge in [-0.2, -0.15) is 0 Å². The van der Waals surface area contributed by atoms with Gasteiger partial charge in [-0.1, -0.05) is 52.7 Å². The lowest BCUT2D eigenvalue weighted by Gasteiger charge is -2.43. The van der Waals surface area contributed by atoms with E-state index in [2.05, 4.69) is 40.7 Å². The van der Waals surface area contributed by atoms with E-state index in [4.69, 9.17) is 0 Å². The molecule has 1 rings (SSSR count). The van der Waals surface area contributed by atoms with E-state index in [-0.39, 0.29) is 0 Å². The van der Waals surface area contributed by atoms with E-state index in [1.165, 1.54) is 19.3 Å². The monoisotopic (exact) mass is 194 g/mol. The third-order valence-electron chi connectivity index (χ3n) is 3.92. The molecule has 0 radical (unpaired) electrons. The van der Waals surface area contributed by atoms with Crippen molar-refractivity contribution in [2.24, 2.45) is 23.7 Å². The SMILES string of the molecule is CCCC=C(C(C)C)C1CC(C)C1C. The van der Waals surface area contributed by atoms with Gasteiger partial charge in [-0.05, 0) is 36.5 Å². The van der Waals surface area contributed by atoms with Crippen LogP contribution >= 0.6 is 0 Å². The standard InChI is InChI=1S/C14H26/c1-6-7-8-13(10(2)3)14-9-11(4)12(14)5/h8,10-12,14H,6-7,9H2,1-5H3. The van der Waals surface area contributed by atoms with Gasteiger partial charge in [0.2, 0.25) is 0 Å². The molecule has 0 saturated heterocycles. The molecule has 1 fully saturated rings. The number of hydrogen-bond donors (Lipinski definition) is 0. The van der Waals surface area contributed by atoms with E-state index in [1.54, 1.807) is 5.57 Å². The van der Waals surface area contributed by atoms with Crippen molar-refractivity contribution in [3.8, 4) is 0 Å². The first-order chi connectivity index (χ1) is 6.57. The minimum Gasteiger partial charge on any atom is -0.0848 e. The van der Waals surface area contributed by atoms with Gasteiger partial charge < -0.3 is 0 Å². The van der Waals surface area contributed by atoms with E-state index in [1.807, 2.05) is 0 Å². The van der Waals surface area contributed by atoms with Crippen molar-refractivity contribution in [2.75, 3.05) is 0 Å². The molecule has 1 aliphatic rings. The smallest absolute Gasteiger partial charge is 0.0170 e. The topological polar surface area (TPSA) is 0 Å². The fourth-order valence-electron chi connectivity index (χ4n) is 2.60. The lowest BCUT2D eigenvalue weighted by Crippen LogP contribution is -2.35. The Kier molecular flexibility index (Phi) is 4.22. The second-order valence-electron chi connectivity index (χ2n) is 5.33. The van der Waals surface area contributed by atoms with Crippen LogP contribution in [0.1, 0.15) is 53.9 Å². The molecule has 82 valence electrons. The Bertz CT molecular complexity index is 200. The van der Waals surface area contributed by atoms with E-state index in [0.717, 1.165) is 23.7 Å². The first kappa shape index (κ1) is 11.8. The molecule has 14 heavy (non-hydrogen) atoms. The van der Waals surface area contributed by atoms with Crippen LogP contribution in [0.5, 0.6) is 0 Å². The number of allylic oxidation sites excluding steroid dienone is 2. The lowest BCUT2D eigenvalue weighted by atomic mass is 9.62. The second-order valence-corrected chi connectivity index (χ2v) is 5.33. The lowest BCUT2D eigenvalue weighted by molar-refractivity contribution is 0.126. The number of unbranched alkanes of at least 4 members (excludes halogenated alkanes) is 1. The zero-order chi connectivity index (χ0) is 10.7. The zero-order valence-corrected chi connectivity index (χ0v) is 10.5. The van der Waals surface area contributed by atoms with Gasteiger partial charge in [0.1, 0.15) is 0 Å². The summed E-state index contributed by atoms with van der Waals surface area (Å²) in [6.07, 6.45) is 6.49. The Morgan fingerprint density at radius 2 is 2.00 bits per heavy atom. The maximum Gasteiger partial charge on any atom is -0.0170 e. The zero-order valence-electron chi connectivity index (χ0n) is 10.5. The molecule has 1 saturated carbocycles. The highest BCUT2D eigenvalue weighted by molar-refractivity contribution is 5.14. The molecule has 0 spiro atoms. The van der Waals surface area contributed by atoms with Crippen LogP contribution in [-0.2, 0) is 0 Å². The third kappa shape index (κ3) is 2.40. The summed E-state index contributed by atoms with van der Waals surface area (Å²) in [5, 5.41) is 0. The van der Waals surface area contributed by atoms with Crippen LogP contribution in [0.3, 0.4) is 0 Å². The molecule has 0 nitrogen and oxygen atoms in total. The van der Waals surface area contributed by atoms with Gasteiger partial charge in [0, 0.05) is 0 Å². The third-order valence-corrected chi connectivity index (χ3v) is 3.92. The molecule has 0 aromatic heterocycles. The van der Waals surface area contributed by atoms with Crippen LogP contribution in [-0.4, -0.2) is 0 Å². The van der Waals surface area contributed by atoms with Crippen molar-refractivity contribution in [2.45, 2.75) is 53.9 Å². The van der Waals surface area contributed by atoms with Gasteiger partial charge >= 0.3 is 0 Å². The van der Waals surface area contributed by atoms with Crippen molar-refractivity contribution < 1.29 is 0 Å². The predicted molar refractivity (Wildman–Crippen MR) is 64.3 cm³/mol. The molecule has 3 atom stereocenters. The Hall–Kier alpha value is -0.260. The fraction of sp³-hybridized carbons (Fsp3) is 0.857. The van der Waals surface area contributed by atoms with E-state index in [0.29, 0.717) is 0 Å². The van der Waals surface area contributed by atoms with Crippen LogP contribution in [0.4, 0.5) is 0 Å². The molecule has 0 aromatic rings. The molecule has 0 N–H and O–H groups in total. The van der Waals surface area contributed by atoms with Gasteiger partial charge in [-0.25, -0.2) is 0 Å². The van der Waals surface area contributed by atoms with E-state index < -0.39 is 0 Å². The van der Waals surface area contributed by atoms with Gasteiger partial charge in [0.15, 0.2) is 0 Å². The summed E-state index contributed by atoms with van der Waals surface area (Å²) in [6.45, 7) is 11.8. The van der Waals surface area contributed by atoms with Crippen molar-refractivity contribution in [3.63, 3.8) is 0 Å². The molecule has 0 bridgehead atoms. The first-order valence-electron chi connectivity index (χ1n) is 6.27. The summed E-state index contributed by atoms with van der Waals surface area (Å²) in [6, 6.07) is 0. The number of hydrogen-bond acceptors (Lipinski definition) is 0. The van der Waals surface area contributed by atoms with Crippen LogP contribution in [0.25, 0.3) is 0 Å². The van der Waals surface area contributed by atoms with Gasteiger partial charge in [-0.15, -0.1) is 0 Å².